The second kappa shape index (κ2) is 2.59. The SMILES string of the molecule is C=C=C1c2ccccc2CC1(C)O. The van der Waals surface area contributed by atoms with Gasteiger partial charge in [-0.15, -0.1) is 5.73 Å². The van der Waals surface area contributed by atoms with Gasteiger partial charge in [-0.2, -0.15) is 0 Å². The molecule has 0 aliphatic heterocycles. The normalized spacial score (nSPS) is 25.5. The molecule has 0 heterocycles. The summed E-state index contributed by atoms with van der Waals surface area (Å²) in [5, 5.41) is 10.0. The molecule has 2 rings (SSSR count). The first-order valence-corrected chi connectivity index (χ1v) is 4.36. The molecule has 0 aromatic heterocycles. The fourth-order valence-electron chi connectivity index (χ4n) is 1.95. The van der Waals surface area contributed by atoms with Crippen LogP contribution in [0.25, 0.3) is 5.57 Å². The molecule has 13 heavy (non-hydrogen) atoms. The standard InChI is InChI=1S/C12H12O/c1-3-11-10-7-5-4-6-9(10)8-12(11,2)13/h4-7,13H,1,8H2,2H3. The summed E-state index contributed by atoms with van der Waals surface area (Å²) in [5.74, 6) is 0. The lowest BCUT2D eigenvalue weighted by Crippen LogP contribution is -2.22. The third-order valence-electron chi connectivity index (χ3n) is 2.54. The fourth-order valence-corrected chi connectivity index (χ4v) is 1.95. The Labute approximate surface area is 78.0 Å². The van der Waals surface area contributed by atoms with Gasteiger partial charge in [-0.1, -0.05) is 30.8 Å². The Morgan fingerprint density at radius 1 is 1.46 bits per heavy atom. The van der Waals surface area contributed by atoms with E-state index in [0.29, 0.717) is 6.42 Å². The highest BCUT2D eigenvalue weighted by Crippen LogP contribution is 2.38. The molecule has 1 heteroatoms. The van der Waals surface area contributed by atoms with Crippen LogP contribution in [0.4, 0.5) is 0 Å². The van der Waals surface area contributed by atoms with Crippen LogP contribution in [0.2, 0.25) is 0 Å². The number of aliphatic hydroxyl groups is 1. The van der Waals surface area contributed by atoms with Gasteiger partial charge in [-0.25, -0.2) is 0 Å². The summed E-state index contributed by atoms with van der Waals surface area (Å²) in [6.45, 7) is 5.42. The lowest BCUT2D eigenvalue weighted by Gasteiger charge is -2.16. The maximum absolute atomic E-state index is 10.0. The number of fused-ring (bicyclic) bond motifs is 1. The maximum Gasteiger partial charge on any atom is 0.0985 e. The molecule has 1 nitrogen and oxygen atoms in total. The first-order valence-electron chi connectivity index (χ1n) is 4.36. The Kier molecular flexibility index (Phi) is 1.66. The molecular weight excluding hydrogens is 160 g/mol. The van der Waals surface area contributed by atoms with Crippen molar-refractivity contribution in [2.24, 2.45) is 0 Å². The van der Waals surface area contributed by atoms with Gasteiger partial charge >= 0.3 is 0 Å². The average Bonchev–Trinajstić information content (AvgIpc) is 2.33. The molecule has 0 radical (unpaired) electrons. The molecule has 1 aromatic rings. The van der Waals surface area contributed by atoms with Crippen LogP contribution >= 0.6 is 0 Å². The highest BCUT2D eigenvalue weighted by Gasteiger charge is 2.35. The Hall–Kier alpha value is -1.30. The van der Waals surface area contributed by atoms with E-state index in [2.05, 4.69) is 12.3 Å². The molecule has 1 aromatic carbocycles. The molecular formula is C12H12O. The first kappa shape index (κ1) is 8.31. The van der Waals surface area contributed by atoms with Crippen molar-refractivity contribution in [3.8, 4) is 0 Å². The number of rotatable bonds is 0. The number of hydrogen-bond acceptors (Lipinski definition) is 1. The topological polar surface area (TPSA) is 20.2 Å². The van der Waals surface area contributed by atoms with Crippen molar-refractivity contribution in [2.75, 3.05) is 0 Å². The molecule has 0 spiro atoms. The number of benzene rings is 1. The third-order valence-corrected chi connectivity index (χ3v) is 2.54. The Bertz CT molecular complexity index is 395. The third kappa shape index (κ3) is 1.14. The zero-order valence-electron chi connectivity index (χ0n) is 7.67. The van der Waals surface area contributed by atoms with E-state index < -0.39 is 5.60 Å². The van der Waals surface area contributed by atoms with E-state index in [1.165, 1.54) is 5.56 Å². The summed E-state index contributed by atoms with van der Waals surface area (Å²) < 4.78 is 0. The zero-order chi connectivity index (χ0) is 9.47. The van der Waals surface area contributed by atoms with E-state index >= 15 is 0 Å². The van der Waals surface area contributed by atoms with Crippen LogP contribution in [0.3, 0.4) is 0 Å². The minimum absolute atomic E-state index is 0.668. The summed E-state index contributed by atoms with van der Waals surface area (Å²) in [5.41, 5.74) is 5.13. The van der Waals surface area contributed by atoms with Gasteiger partial charge in [0.25, 0.3) is 0 Å². The maximum atomic E-state index is 10.0. The molecule has 0 amide bonds. The van der Waals surface area contributed by atoms with Crippen LogP contribution < -0.4 is 0 Å². The van der Waals surface area contributed by atoms with Gasteiger partial charge in [-0.3, -0.25) is 0 Å². The molecule has 0 saturated carbocycles. The Morgan fingerprint density at radius 2 is 2.15 bits per heavy atom. The van der Waals surface area contributed by atoms with E-state index in [1.807, 2.05) is 24.3 Å². The zero-order valence-corrected chi connectivity index (χ0v) is 7.67. The van der Waals surface area contributed by atoms with Crippen molar-refractivity contribution in [1.29, 1.82) is 0 Å². The van der Waals surface area contributed by atoms with Crippen molar-refractivity contribution in [2.45, 2.75) is 18.9 Å². The first-order chi connectivity index (χ1) is 6.15. The van der Waals surface area contributed by atoms with Crippen molar-refractivity contribution in [3.05, 3.63) is 47.7 Å². The molecule has 0 fully saturated rings. The van der Waals surface area contributed by atoms with Crippen molar-refractivity contribution in [3.63, 3.8) is 0 Å². The minimum atomic E-state index is -0.786. The van der Waals surface area contributed by atoms with Gasteiger partial charge in [0.2, 0.25) is 0 Å². The molecule has 0 bridgehead atoms. The van der Waals surface area contributed by atoms with Gasteiger partial charge in [0.15, 0.2) is 0 Å². The minimum Gasteiger partial charge on any atom is -0.384 e. The van der Waals surface area contributed by atoms with Gasteiger partial charge in [-0.05, 0) is 18.1 Å². The van der Waals surface area contributed by atoms with E-state index in [0.717, 1.165) is 11.1 Å². The highest BCUT2D eigenvalue weighted by atomic mass is 16.3. The van der Waals surface area contributed by atoms with Crippen molar-refractivity contribution in [1.82, 2.24) is 0 Å². The van der Waals surface area contributed by atoms with Gasteiger partial charge in [0.1, 0.15) is 0 Å². The molecule has 0 saturated heterocycles. The van der Waals surface area contributed by atoms with Crippen LogP contribution in [0.15, 0.2) is 36.6 Å². The van der Waals surface area contributed by atoms with Crippen LogP contribution in [0, 0.1) is 0 Å². The summed E-state index contributed by atoms with van der Waals surface area (Å²) in [6.07, 6.45) is 0.668. The largest absolute Gasteiger partial charge is 0.384 e. The van der Waals surface area contributed by atoms with Crippen LogP contribution in [-0.4, -0.2) is 10.7 Å². The Balaban J connectivity index is 2.66. The average molecular weight is 172 g/mol. The van der Waals surface area contributed by atoms with Crippen molar-refractivity contribution < 1.29 is 5.11 Å². The lowest BCUT2D eigenvalue weighted by atomic mass is 9.98. The summed E-state index contributed by atoms with van der Waals surface area (Å²) in [7, 11) is 0. The van der Waals surface area contributed by atoms with E-state index in [1.54, 1.807) is 6.92 Å². The highest BCUT2D eigenvalue weighted by molar-refractivity contribution is 5.78. The van der Waals surface area contributed by atoms with Gasteiger partial charge in [0.05, 0.1) is 5.60 Å². The summed E-state index contributed by atoms with van der Waals surface area (Å²) >= 11 is 0. The molecule has 66 valence electrons. The predicted molar refractivity (Wildman–Crippen MR) is 53.3 cm³/mol. The van der Waals surface area contributed by atoms with Crippen LogP contribution in [0.1, 0.15) is 18.1 Å². The molecule has 1 unspecified atom stereocenters. The monoisotopic (exact) mass is 172 g/mol. The smallest absolute Gasteiger partial charge is 0.0985 e. The molecule has 1 aliphatic rings. The summed E-state index contributed by atoms with van der Waals surface area (Å²) in [4.78, 5) is 0. The van der Waals surface area contributed by atoms with E-state index in [-0.39, 0.29) is 0 Å². The Morgan fingerprint density at radius 3 is 2.85 bits per heavy atom. The predicted octanol–water partition coefficient (Wildman–Crippen LogP) is 2.16. The quantitative estimate of drug-likeness (QED) is 0.594. The van der Waals surface area contributed by atoms with Gasteiger partial charge in [0, 0.05) is 12.0 Å². The summed E-state index contributed by atoms with van der Waals surface area (Å²) in [6, 6.07) is 8.00. The lowest BCUT2D eigenvalue weighted by molar-refractivity contribution is 0.129. The second-order valence-corrected chi connectivity index (χ2v) is 3.66. The number of hydrogen-bond donors (Lipinski definition) is 1. The van der Waals surface area contributed by atoms with Crippen LogP contribution in [0.5, 0.6) is 0 Å². The van der Waals surface area contributed by atoms with Crippen molar-refractivity contribution >= 4 is 5.57 Å². The molecule has 1 aliphatic carbocycles. The van der Waals surface area contributed by atoms with E-state index in [9.17, 15) is 5.11 Å². The fraction of sp³-hybridized carbons (Fsp3) is 0.250. The molecule has 1 atom stereocenters. The van der Waals surface area contributed by atoms with Crippen LogP contribution in [-0.2, 0) is 6.42 Å². The van der Waals surface area contributed by atoms with Gasteiger partial charge < -0.3 is 5.11 Å². The second-order valence-electron chi connectivity index (χ2n) is 3.66. The molecule has 1 N–H and O–H groups in total. The van der Waals surface area contributed by atoms with E-state index in [4.69, 9.17) is 0 Å².